The second-order valence-corrected chi connectivity index (χ2v) is 10.1. The molecule has 0 aliphatic heterocycles. The fourth-order valence-corrected chi connectivity index (χ4v) is 5.73. The zero-order chi connectivity index (χ0) is 35.0. The molecule has 0 spiro atoms. The molecule has 0 aromatic heterocycles. The van der Waals surface area contributed by atoms with E-state index >= 15 is 0 Å². The van der Waals surface area contributed by atoms with Crippen molar-refractivity contribution in [2.24, 2.45) is 0 Å². The molecule has 0 unspecified atom stereocenters. The summed E-state index contributed by atoms with van der Waals surface area (Å²) in [5, 5.41) is 60.2. The van der Waals surface area contributed by atoms with Crippen molar-refractivity contribution in [2.75, 3.05) is 0 Å². The number of halogens is 6. The van der Waals surface area contributed by atoms with Crippen LogP contribution in [0.15, 0.2) is 76.6 Å². The van der Waals surface area contributed by atoms with Gasteiger partial charge >= 0.3 is 12.7 Å². The van der Waals surface area contributed by atoms with Gasteiger partial charge in [0.15, 0.2) is 0 Å². The Morgan fingerprint density at radius 2 is 1.06 bits per heavy atom. The molecule has 0 radical (unpaired) electrons. The molecule has 5 rings (SSSR count). The Morgan fingerprint density at radius 1 is 0.583 bits per heavy atom. The largest absolute Gasteiger partial charge is 0.573 e. The number of hydrogen-bond acceptors (Lipinski definition) is 8. The van der Waals surface area contributed by atoms with E-state index in [1.165, 1.54) is 30.3 Å². The second-order valence-electron chi connectivity index (χ2n) is 10.1. The van der Waals surface area contributed by atoms with Crippen LogP contribution in [-0.4, -0.2) is 12.7 Å². The molecule has 0 saturated carbocycles. The van der Waals surface area contributed by atoms with E-state index in [1.54, 1.807) is 24.3 Å². The molecule has 232 valence electrons. The molecule has 0 N–H and O–H groups in total. The van der Waals surface area contributed by atoms with Gasteiger partial charge in [-0.3, -0.25) is 0 Å². The van der Waals surface area contributed by atoms with E-state index in [4.69, 9.17) is 0 Å². The normalized spacial score (nSPS) is 15.0. The van der Waals surface area contributed by atoms with Crippen LogP contribution in [0.1, 0.15) is 40.7 Å². The first-order valence-electron chi connectivity index (χ1n) is 13.4. The van der Waals surface area contributed by atoms with E-state index in [0.717, 1.165) is 18.2 Å². The van der Waals surface area contributed by atoms with Crippen LogP contribution >= 0.6 is 0 Å². The summed E-state index contributed by atoms with van der Waals surface area (Å²) < 4.78 is 84.6. The molecule has 0 bridgehead atoms. The van der Waals surface area contributed by atoms with Gasteiger partial charge in [-0.05, 0) is 59.0 Å². The van der Waals surface area contributed by atoms with E-state index < -0.39 is 35.4 Å². The highest BCUT2D eigenvalue weighted by atomic mass is 19.4. The van der Waals surface area contributed by atoms with Crippen LogP contribution in [0.4, 0.5) is 26.3 Å². The summed E-state index contributed by atoms with van der Waals surface area (Å²) in [6.07, 6.45) is -7.85. The first-order chi connectivity index (χ1) is 22.8. The molecular weight excluding hydrogens is 638 g/mol. The highest BCUT2D eigenvalue weighted by Crippen LogP contribution is 2.54. The molecule has 2 aromatic rings. The predicted molar refractivity (Wildman–Crippen MR) is 153 cm³/mol. The molecule has 48 heavy (non-hydrogen) atoms. The van der Waals surface area contributed by atoms with Gasteiger partial charge in [-0.1, -0.05) is 18.2 Å². The van der Waals surface area contributed by atoms with Gasteiger partial charge in [0.25, 0.3) is 0 Å². The summed E-state index contributed by atoms with van der Waals surface area (Å²) in [6.45, 7) is 0. The summed E-state index contributed by atoms with van der Waals surface area (Å²) in [4.78, 5) is 0. The van der Waals surface area contributed by atoms with Crippen molar-refractivity contribution in [3.63, 3.8) is 0 Å². The minimum Gasteiger partial charge on any atom is -0.410 e. The number of benzene rings is 2. The Labute approximate surface area is 267 Å². The Bertz CT molecular complexity index is 2230. The average molecular weight is 650 g/mol. The van der Waals surface area contributed by atoms with E-state index in [9.17, 15) is 57.9 Å². The number of nitrogens with zero attached hydrogens (tertiary/aromatic N) is 6. The molecule has 0 amide bonds. The summed E-state index contributed by atoms with van der Waals surface area (Å²) in [7, 11) is 0. The van der Waals surface area contributed by atoms with Gasteiger partial charge in [0.2, 0.25) is 0 Å². The molecule has 8 nitrogen and oxygen atoms in total. The van der Waals surface area contributed by atoms with Crippen LogP contribution in [0.25, 0.3) is 27.9 Å². The summed E-state index contributed by atoms with van der Waals surface area (Å²) in [5.74, 6) is -0.961. The molecule has 3 aliphatic rings. The Hall–Kier alpha value is -7.00. The monoisotopic (exact) mass is 650 g/mol. The smallest absolute Gasteiger partial charge is 0.410 e. The third-order valence-corrected chi connectivity index (χ3v) is 7.46. The fraction of sp³-hybridized carbons (Fsp3) is 0.118. The number of nitriles is 6. The number of allylic oxidation sites excluding steroid dienone is 12. The standard InChI is InChI=1S/C34H12F6N6O2/c35-33(36,37)47-21-5-1-17(2-6-21)29-27(15-45)23-9-24-26(10-25(23)31(29)19(11-41)12-42)32(20(13-43)14-44)30(28(24)16-46)18-3-7-22(8-4-18)48-34(38,39)40/h1-3,5-7,9-10H,4,8H2. The van der Waals surface area contributed by atoms with E-state index in [0.29, 0.717) is 5.57 Å². The topological polar surface area (TPSA) is 161 Å². The first kappa shape index (κ1) is 32.4. The summed E-state index contributed by atoms with van der Waals surface area (Å²) in [6, 6.07) is 18.3. The number of ether oxygens (including phenoxy) is 2. The maximum absolute atomic E-state index is 12.8. The maximum atomic E-state index is 12.8. The lowest BCUT2D eigenvalue weighted by Crippen LogP contribution is -2.17. The van der Waals surface area contributed by atoms with E-state index in [1.807, 2.05) is 12.1 Å². The lowest BCUT2D eigenvalue weighted by atomic mass is 9.87. The lowest BCUT2D eigenvalue weighted by Gasteiger charge is -2.19. The molecule has 2 aromatic carbocycles. The third kappa shape index (κ3) is 5.75. The van der Waals surface area contributed by atoms with Gasteiger partial charge < -0.3 is 9.47 Å². The zero-order valence-electron chi connectivity index (χ0n) is 23.8. The van der Waals surface area contributed by atoms with Crippen molar-refractivity contribution in [1.29, 1.82) is 31.6 Å². The van der Waals surface area contributed by atoms with Gasteiger partial charge in [0, 0.05) is 39.8 Å². The van der Waals surface area contributed by atoms with Crippen LogP contribution in [0.2, 0.25) is 0 Å². The van der Waals surface area contributed by atoms with Crippen LogP contribution in [0.5, 0.6) is 5.75 Å². The molecule has 14 heteroatoms. The fourth-order valence-electron chi connectivity index (χ4n) is 5.73. The lowest BCUT2D eigenvalue weighted by molar-refractivity contribution is -0.306. The Morgan fingerprint density at radius 3 is 1.50 bits per heavy atom. The molecule has 0 fully saturated rings. The highest BCUT2D eigenvalue weighted by Gasteiger charge is 2.39. The van der Waals surface area contributed by atoms with Gasteiger partial charge in [0.1, 0.15) is 59.1 Å². The summed E-state index contributed by atoms with van der Waals surface area (Å²) >= 11 is 0. The highest BCUT2D eigenvalue weighted by molar-refractivity contribution is 6.26. The van der Waals surface area contributed by atoms with E-state index in [2.05, 4.69) is 9.47 Å². The quantitative estimate of drug-likeness (QED) is 0.237. The van der Waals surface area contributed by atoms with Gasteiger partial charge in [-0.25, -0.2) is 0 Å². The molecule has 0 saturated heterocycles. The van der Waals surface area contributed by atoms with Crippen molar-refractivity contribution in [1.82, 2.24) is 0 Å². The van der Waals surface area contributed by atoms with Crippen molar-refractivity contribution >= 4 is 27.9 Å². The molecule has 0 atom stereocenters. The molecule has 0 heterocycles. The van der Waals surface area contributed by atoms with Gasteiger partial charge in [0.05, 0.1) is 11.1 Å². The van der Waals surface area contributed by atoms with Crippen LogP contribution in [0, 0.1) is 68.0 Å². The van der Waals surface area contributed by atoms with Crippen molar-refractivity contribution in [3.05, 3.63) is 104 Å². The average Bonchev–Trinajstić information content (AvgIpc) is 3.52. The van der Waals surface area contributed by atoms with Crippen LogP contribution in [-0.2, 0) is 4.74 Å². The van der Waals surface area contributed by atoms with Crippen molar-refractivity contribution in [2.45, 2.75) is 25.6 Å². The first-order valence-corrected chi connectivity index (χ1v) is 13.4. The number of alkyl halides is 6. The van der Waals surface area contributed by atoms with Crippen molar-refractivity contribution in [3.8, 4) is 42.2 Å². The Balaban J connectivity index is 1.78. The predicted octanol–water partition coefficient (Wildman–Crippen LogP) is 8.07. The van der Waals surface area contributed by atoms with Gasteiger partial charge in [-0.15, -0.1) is 26.3 Å². The maximum Gasteiger partial charge on any atom is 0.573 e. The number of rotatable bonds is 4. The Kier molecular flexibility index (Phi) is 8.15. The minimum atomic E-state index is -4.98. The minimum absolute atomic E-state index is 0.0235. The number of hydrogen-bond donors (Lipinski definition) is 0. The van der Waals surface area contributed by atoms with Crippen LogP contribution in [0.3, 0.4) is 0 Å². The van der Waals surface area contributed by atoms with Crippen molar-refractivity contribution < 1.29 is 35.8 Å². The van der Waals surface area contributed by atoms with Gasteiger partial charge in [-0.2, -0.15) is 31.6 Å². The summed E-state index contributed by atoms with van der Waals surface area (Å²) in [5.41, 5.74) is -0.000820. The molecular formula is C34H12F6N6O2. The number of fused-ring (bicyclic) bond motifs is 2. The van der Waals surface area contributed by atoms with E-state index in [-0.39, 0.29) is 74.1 Å². The SMILES string of the molecule is N#CC(C#N)=C1C(C2=CC=C(OC(F)(F)F)CC2)=C(C#N)c2cc3c(cc21)C(=C(C#N)C#N)C(c1ccc(OC(F)(F)F)cc1)=C3C#N. The second kappa shape index (κ2) is 12.1. The third-order valence-electron chi connectivity index (χ3n) is 7.46. The van der Waals surface area contributed by atoms with Crippen LogP contribution < -0.4 is 4.74 Å². The molecule has 3 aliphatic carbocycles. The zero-order valence-corrected chi connectivity index (χ0v) is 23.8.